The van der Waals surface area contributed by atoms with Gasteiger partial charge in [0.1, 0.15) is 10.3 Å². The van der Waals surface area contributed by atoms with E-state index in [9.17, 15) is 4.79 Å². The first-order valence-electron chi connectivity index (χ1n) is 6.31. The van der Waals surface area contributed by atoms with Crippen LogP contribution in [0.5, 0.6) is 0 Å². The Morgan fingerprint density at radius 1 is 1.50 bits per heavy atom. The van der Waals surface area contributed by atoms with E-state index in [1.54, 1.807) is 6.07 Å². The number of pyridine rings is 1. The number of carbonyl (C=O) groups is 1. The number of hydrogen-bond donors (Lipinski definition) is 1. The monoisotopic (exact) mass is 311 g/mol. The molecule has 98 valence electrons. The van der Waals surface area contributed by atoms with Gasteiger partial charge in [-0.3, -0.25) is 4.79 Å². The van der Waals surface area contributed by atoms with E-state index >= 15 is 0 Å². The molecule has 0 spiro atoms. The lowest BCUT2D eigenvalue weighted by atomic mass is 10.2. The van der Waals surface area contributed by atoms with E-state index in [0.717, 1.165) is 19.6 Å². The zero-order valence-electron chi connectivity index (χ0n) is 10.5. The van der Waals surface area contributed by atoms with E-state index in [1.807, 2.05) is 19.1 Å². The molecule has 1 atom stereocenters. The molecule has 1 aromatic rings. The number of nitrogens with zero attached hydrogens (tertiary/aromatic N) is 2. The molecule has 0 radical (unpaired) electrons. The maximum Gasteiger partial charge on any atom is 0.270 e. The Balaban J connectivity index is 1.86. The second kappa shape index (κ2) is 6.29. The van der Waals surface area contributed by atoms with Gasteiger partial charge in [-0.1, -0.05) is 6.07 Å². The molecule has 1 saturated heterocycles. The van der Waals surface area contributed by atoms with Crippen LogP contribution in [0.4, 0.5) is 0 Å². The lowest BCUT2D eigenvalue weighted by Crippen LogP contribution is -2.41. The van der Waals surface area contributed by atoms with Gasteiger partial charge in [-0.05, 0) is 60.9 Å². The fourth-order valence-electron chi connectivity index (χ4n) is 2.23. The fraction of sp³-hybridized carbons (Fsp3) is 0.538. The molecule has 0 aliphatic carbocycles. The van der Waals surface area contributed by atoms with E-state index in [1.165, 1.54) is 12.8 Å². The van der Waals surface area contributed by atoms with Crippen LogP contribution in [0.15, 0.2) is 22.8 Å². The third-order valence-electron chi connectivity index (χ3n) is 3.06. The first-order valence-corrected chi connectivity index (χ1v) is 7.10. The Kier molecular flexibility index (Phi) is 4.72. The average Bonchev–Trinajstić information content (AvgIpc) is 2.81. The Morgan fingerprint density at radius 2 is 2.22 bits per heavy atom. The number of halogens is 1. The topological polar surface area (TPSA) is 45.2 Å². The molecular formula is C13H18BrN3O. The van der Waals surface area contributed by atoms with Gasteiger partial charge in [0.05, 0.1) is 0 Å². The number of aromatic nitrogens is 1. The van der Waals surface area contributed by atoms with Crippen molar-refractivity contribution in [1.29, 1.82) is 0 Å². The van der Waals surface area contributed by atoms with Crippen molar-refractivity contribution in [2.24, 2.45) is 0 Å². The summed E-state index contributed by atoms with van der Waals surface area (Å²) in [4.78, 5) is 18.5. The van der Waals surface area contributed by atoms with Crippen molar-refractivity contribution in [3.8, 4) is 0 Å². The largest absolute Gasteiger partial charge is 0.347 e. The Labute approximate surface area is 116 Å². The second-order valence-corrected chi connectivity index (χ2v) is 5.54. The van der Waals surface area contributed by atoms with Crippen LogP contribution in [0, 0.1) is 0 Å². The van der Waals surface area contributed by atoms with Crippen molar-refractivity contribution < 1.29 is 4.79 Å². The minimum absolute atomic E-state index is 0.108. The molecule has 1 N–H and O–H groups in total. The zero-order chi connectivity index (χ0) is 13.0. The molecule has 4 nitrogen and oxygen atoms in total. The zero-order valence-corrected chi connectivity index (χ0v) is 12.1. The summed E-state index contributed by atoms with van der Waals surface area (Å²) in [6.45, 7) is 5.25. The van der Waals surface area contributed by atoms with Crippen LogP contribution >= 0.6 is 15.9 Å². The number of hydrogen-bond acceptors (Lipinski definition) is 3. The number of nitrogens with one attached hydrogen (secondary N) is 1. The van der Waals surface area contributed by atoms with Crippen LogP contribution in [-0.2, 0) is 0 Å². The first-order chi connectivity index (χ1) is 8.65. The third kappa shape index (κ3) is 3.78. The SMILES string of the molecule is CC(CN1CCCC1)NC(=O)c1cccc(Br)n1. The number of amides is 1. The summed E-state index contributed by atoms with van der Waals surface area (Å²) in [5.74, 6) is -0.108. The summed E-state index contributed by atoms with van der Waals surface area (Å²) >= 11 is 3.27. The van der Waals surface area contributed by atoms with E-state index in [0.29, 0.717) is 10.3 Å². The highest BCUT2D eigenvalue weighted by Crippen LogP contribution is 2.09. The molecule has 1 aliphatic rings. The summed E-state index contributed by atoms with van der Waals surface area (Å²) in [6, 6.07) is 5.50. The van der Waals surface area contributed by atoms with Crippen molar-refractivity contribution in [2.45, 2.75) is 25.8 Å². The molecule has 18 heavy (non-hydrogen) atoms. The van der Waals surface area contributed by atoms with Crippen LogP contribution in [0.25, 0.3) is 0 Å². The van der Waals surface area contributed by atoms with Crippen LogP contribution < -0.4 is 5.32 Å². The molecule has 1 aromatic heterocycles. The van der Waals surface area contributed by atoms with Gasteiger partial charge in [0.2, 0.25) is 0 Å². The van der Waals surface area contributed by atoms with Crippen molar-refractivity contribution in [1.82, 2.24) is 15.2 Å². The van der Waals surface area contributed by atoms with E-state index < -0.39 is 0 Å². The fourth-order valence-corrected chi connectivity index (χ4v) is 2.57. The first kappa shape index (κ1) is 13.5. The Morgan fingerprint density at radius 3 is 2.89 bits per heavy atom. The molecule has 0 bridgehead atoms. The summed E-state index contributed by atoms with van der Waals surface area (Å²) < 4.78 is 0.683. The summed E-state index contributed by atoms with van der Waals surface area (Å²) in [5.41, 5.74) is 0.456. The number of likely N-dealkylation sites (tertiary alicyclic amines) is 1. The van der Waals surface area contributed by atoms with Crippen molar-refractivity contribution in [2.75, 3.05) is 19.6 Å². The van der Waals surface area contributed by atoms with Gasteiger partial charge in [-0.15, -0.1) is 0 Å². The van der Waals surface area contributed by atoms with Crippen molar-refractivity contribution >= 4 is 21.8 Å². The van der Waals surface area contributed by atoms with Gasteiger partial charge in [-0.25, -0.2) is 4.98 Å². The predicted octanol–water partition coefficient (Wildman–Crippen LogP) is 2.06. The average molecular weight is 312 g/mol. The molecule has 5 heteroatoms. The van der Waals surface area contributed by atoms with Gasteiger partial charge in [0.15, 0.2) is 0 Å². The maximum absolute atomic E-state index is 12.0. The molecular weight excluding hydrogens is 294 g/mol. The van der Waals surface area contributed by atoms with Crippen LogP contribution in [-0.4, -0.2) is 41.5 Å². The number of carbonyl (C=O) groups excluding carboxylic acids is 1. The smallest absolute Gasteiger partial charge is 0.270 e. The van der Waals surface area contributed by atoms with Gasteiger partial charge < -0.3 is 10.2 Å². The van der Waals surface area contributed by atoms with E-state index in [4.69, 9.17) is 0 Å². The molecule has 1 aliphatic heterocycles. The minimum Gasteiger partial charge on any atom is -0.347 e. The van der Waals surface area contributed by atoms with Crippen LogP contribution in [0.2, 0.25) is 0 Å². The third-order valence-corrected chi connectivity index (χ3v) is 3.50. The van der Waals surface area contributed by atoms with Crippen LogP contribution in [0.3, 0.4) is 0 Å². The Bertz CT molecular complexity index is 418. The van der Waals surface area contributed by atoms with Crippen LogP contribution in [0.1, 0.15) is 30.3 Å². The Hall–Kier alpha value is -0.940. The quantitative estimate of drug-likeness (QED) is 0.866. The van der Waals surface area contributed by atoms with Crippen molar-refractivity contribution in [3.63, 3.8) is 0 Å². The maximum atomic E-state index is 12.0. The highest BCUT2D eigenvalue weighted by atomic mass is 79.9. The normalized spacial score (nSPS) is 17.7. The molecule has 1 amide bonds. The molecule has 0 aromatic carbocycles. The van der Waals surface area contributed by atoms with Crippen molar-refractivity contribution in [3.05, 3.63) is 28.5 Å². The summed E-state index contributed by atoms with van der Waals surface area (Å²) in [5, 5.41) is 2.99. The van der Waals surface area contributed by atoms with Gasteiger partial charge >= 0.3 is 0 Å². The second-order valence-electron chi connectivity index (χ2n) is 4.73. The van der Waals surface area contributed by atoms with Gasteiger partial charge in [0, 0.05) is 12.6 Å². The molecule has 1 fully saturated rings. The lowest BCUT2D eigenvalue weighted by molar-refractivity contribution is 0.0926. The highest BCUT2D eigenvalue weighted by molar-refractivity contribution is 9.10. The summed E-state index contributed by atoms with van der Waals surface area (Å²) in [6.07, 6.45) is 2.54. The molecule has 2 rings (SSSR count). The predicted molar refractivity (Wildman–Crippen MR) is 74.5 cm³/mol. The molecule has 1 unspecified atom stereocenters. The van der Waals surface area contributed by atoms with Gasteiger partial charge in [0.25, 0.3) is 5.91 Å². The highest BCUT2D eigenvalue weighted by Gasteiger charge is 2.17. The van der Waals surface area contributed by atoms with Gasteiger partial charge in [-0.2, -0.15) is 0 Å². The lowest BCUT2D eigenvalue weighted by Gasteiger charge is -2.21. The van der Waals surface area contributed by atoms with E-state index in [2.05, 4.69) is 31.1 Å². The standard InChI is InChI=1S/C13H18BrN3O/c1-10(9-17-7-2-3-8-17)15-13(18)11-5-4-6-12(14)16-11/h4-6,10H,2-3,7-9H2,1H3,(H,15,18). The summed E-state index contributed by atoms with van der Waals surface area (Å²) in [7, 11) is 0. The molecule has 0 saturated carbocycles. The minimum atomic E-state index is -0.108. The van der Waals surface area contributed by atoms with E-state index in [-0.39, 0.29) is 11.9 Å². The molecule has 2 heterocycles. The number of rotatable bonds is 4.